The number of nitrogens with zero attached hydrogens (tertiary/aromatic N) is 2. The van der Waals surface area contributed by atoms with E-state index in [9.17, 15) is 9.00 Å². The van der Waals surface area contributed by atoms with Gasteiger partial charge in [-0.05, 0) is 18.9 Å². The van der Waals surface area contributed by atoms with Gasteiger partial charge in [0.2, 0.25) is 0 Å². The van der Waals surface area contributed by atoms with Crippen LogP contribution in [0.15, 0.2) is 30.3 Å². The molecule has 2 amide bonds. The molecule has 1 aromatic rings. The van der Waals surface area contributed by atoms with Crippen molar-refractivity contribution < 1.29 is 9.00 Å². The number of carbonyl (C=O) groups is 1. The minimum atomic E-state index is -0.779. The average Bonchev–Trinajstić information content (AvgIpc) is 2.61. The predicted molar refractivity (Wildman–Crippen MR) is 82.0 cm³/mol. The van der Waals surface area contributed by atoms with Crippen molar-refractivity contribution >= 4 is 16.8 Å². The summed E-state index contributed by atoms with van der Waals surface area (Å²) in [5, 5.41) is 0. The zero-order valence-electron chi connectivity index (χ0n) is 12.1. The Morgan fingerprint density at radius 3 is 2.75 bits per heavy atom. The van der Waals surface area contributed by atoms with E-state index in [-0.39, 0.29) is 12.1 Å². The van der Waals surface area contributed by atoms with Crippen LogP contribution >= 0.6 is 0 Å². The maximum Gasteiger partial charge on any atom is 0.320 e. The standard InChI is InChI=1S/C15H22N2O2S/c1-13-8-10-20(19)11-9-17(13)15(18)16(2)12-14-6-4-3-5-7-14/h3-7,13H,8-12H2,1-2H3/t13-,20-/m0/s1. The number of hydrogen-bond acceptors (Lipinski definition) is 2. The van der Waals surface area contributed by atoms with Gasteiger partial charge in [-0.15, -0.1) is 0 Å². The molecule has 0 unspecified atom stereocenters. The first-order valence-electron chi connectivity index (χ1n) is 6.98. The molecule has 0 bridgehead atoms. The molecule has 2 rings (SSSR count). The fraction of sp³-hybridized carbons (Fsp3) is 0.533. The maximum absolute atomic E-state index is 12.5. The molecule has 110 valence electrons. The Hall–Kier alpha value is -1.36. The van der Waals surface area contributed by atoms with Crippen molar-refractivity contribution in [2.45, 2.75) is 25.9 Å². The summed E-state index contributed by atoms with van der Waals surface area (Å²) >= 11 is 0. The van der Waals surface area contributed by atoms with Crippen molar-refractivity contribution in [2.75, 3.05) is 25.1 Å². The summed E-state index contributed by atoms with van der Waals surface area (Å²) in [6.45, 7) is 3.23. The van der Waals surface area contributed by atoms with Crippen LogP contribution in [0.5, 0.6) is 0 Å². The fourth-order valence-corrected chi connectivity index (χ4v) is 3.62. The second-order valence-corrected chi connectivity index (χ2v) is 7.00. The van der Waals surface area contributed by atoms with E-state index in [2.05, 4.69) is 0 Å². The minimum absolute atomic E-state index is 0.0280. The number of hydrogen-bond donors (Lipinski definition) is 0. The van der Waals surface area contributed by atoms with Gasteiger partial charge in [-0.2, -0.15) is 0 Å². The van der Waals surface area contributed by atoms with Crippen molar-refractivity contribution in [3.8, 4) is 0 Å². The topological polar surface area (TPSA) is 40.6 Å². The molecule has 1 aromatic carbocycles. The summed E-state index contributed by atoms with van der Waals surface area (Å²) in [5.74, 6) is 1.29. The number of benzene rings is 1. The van der Waals surface area contributed by atoms with E-state index in [1.54, 1.807) is 4.90 Å². The van der Waals surface area contributed by atoms with Gasteiger partial charge in [-0.1, -0.05) is 30.3 Å². The van der Waals surface area contributed by atoms with E-state index in [0.717, 1.165) is 12.0 Å². The molecular formula is C15H22N2O2S. The normalized spacial score (nSPS) is 23.2. The third kappa shape index (κ3) is 3.82. The number of urea groups is 1. The van der Waals surface area contributed by atoms with Crippen molar-refractivity contribution in [3.05, 3.63) is 35.9 Å². The molecule has 0 N–H and O–H groups in total. The zero-order valence-corrected chi connectivity index (χ0v) is 12.9. The Balaban J connectivity index is 2.00. The highest BCUT2D eigenvalue weighted by Crippen LogP contribution is 2.14. The zero-order chi connectivity index (χ0) is 14.5. The summed E-state index contributed by atoms with van der Waals surface area (Å²) in [6.07, 6.45) is 0.817. The molecule has 1 saturated heterocycles. The van der Waals surface area contributed by atoms with E-state index in [0.29, 0.717) is 24.6 Å². The fourth-order valence-electron chi connectivity index (χ4n) is 2.41. The van der Waals surface area contributed by atoms with Crippen LogP contribution in [0.2, 0.25) is 0 Å². The number of amides is 2. The smallest absolute Gasteiger partial charge is 0.320 e. The molecule has 4 nitrogen and oxygen atoms in total. The number of carbonyl (C=O) groups excluding carboxylic acids is 1. The van der Waals surface area contributed by atoms with Crippen LogP contribution in [-0.4, -0.2) is 51.2 Å². The Labute approximate surface area is 123 Å². The van der Waals surface area contributed by atoms with Gasteiger partial charge in [-0.25, -0.2) is 4.79 Å². The van der Waals surface area contributed by atoms with E-state index in [1.165, 1.54) is 0 Å². The van der Waals surface area contributed by atoms with Crippen molar-refractivity contribution in [1.29, 1.82) is 0 Å². The molecule has 1 aliphatic heterocycles. The van der Waals surface area contributed by atoms with E-state index < -0.39 is 10.8 Å². The summed E-state index contributed by atoms with van der Waals surface area (Å²) < 4.78 is 11.6. The van der Waals surface area contributed by atoms with Gasteiger partial charge in [0.15, 0.2) is 0 Å². The van der Waals surface area contributed by atoms with Gasteiger partial charge < -0.3 is 9.80 Å². The number of rotatable bonds is 2. The summed E-state index contributed by atoms with van der Waals surface area (Å²) in [5.41, 5.74) is 1.12. The molecule has 1 heterocycles. The van der Waals surface area contributed by atoms with E-state index >= 15 is 0 Å². The minimum Gasteiger partial charge on any atom is -0.323 e. The van der Waals surface area contributed by atoms with Crippen molar-refractivity contribution in [1.82, 2.24) is 9.80 Å². The van der Waals surface area contributed by atoms with Crippen LogP contribution in [0, 0.1) is 0 Å². The predicted octanol–water partition coefficient (Wildman–Crippen LogP) is 2.08. The van der Waals surface area contributed by atoms with E-state index in [1.807, 2.05) is 49.2 Å². The molecule has 5 heteroatoms. The highest BCUT2D eigenvalue weighted by molar-refractivity contribution is 7.85. The largest absolute Gasteiger partial charge is 0.323 e. The van der Waals surface area contributed by atoms with E-state index in [4.69, 9.17) is 0 Å². The van der Waals surface area contributed by atoms with Crippen LogP contribution < -0.4 is 0 Å². The Kier molecular flexibility index (Phi) is 5.17. The molecule has 2 atom stereocenters. The van der Waals surface area contributed by atoms with Gasteiger partial charge in [0.1, 0.15) is 0 Å². The SMILES string of the molecule is C[C@H]1CC[S@](=O)CCN1C(=O)N(C)Cc1ccccc1. The van der Waals surface area contributed by atoms with Crippen LogP contribution in [-0.2, 0) is 17.3 Å². The highest BCUT2D eigenvalue weighted by atomic mass is 32.2. The first-order chi connectivity index (χ1) is 9.58. The highest BCUT2D eigenvalue weighted by Gasteiger charge is 2.26. The van der Waals surface area contributed by atoms with Gasteiger partial charge in [0.25, 0.3) is 0 Å². The molecular weight excluding hydrogens is 272 g/mol. The lowest BCUT2D eigenvalue weighted by Gasteiger charge is -2.31. The average molecular weight is 294 g/mol. The molecule has 0 radical (unpaired) electrons. The van der Waals surface area contributed by atoms with Gasteiger partial charge in [0, 0.05) is 48.5 Å². The molecule has 0 spiro atoms. The second kappa shape index (κ2) is 6.88. The summed E-state index contributed by atoms with van der Waals surface area (Å²) in [7, 11) is 1.04. The maximum atomic E-state index is 12.5. The monoisotopic (exact) mass is 294 g/mol. The molecule has 1 aliphatic rings. The lowest BCUT2D eigenvalue weighted by atomic mass is 10.2. The summed E-state index contributed by atoms with van der Waals surface area (Å²) in [6, 6.07) is 10.1. The van der Waals surface area contributed by atoms with Crippen LogP contribution in [0.4, 0.5) is 4.79 Å². The molecule has 1 fully saturated rings. The Morgan fingerprint density at radius 1 is 1.35 bits per heavy atom. The quantitative estimate of drug-likeness (QED) is 0.838. The molecule has 0 aromatic heterocycles. The summed E-state index contributed by atoms with van der Waals surface area (Å²) in [4.78, 5) is 16.1. The van der Waals surface area contributed by atoms with Crippen molar-refractivity contribution in [3.63, 3.8) is 0 Å². The first kappa shape index (κ1) is 15.0. The lowest BCUT2D eigenvalue weighted by molar-refractivity contribution is 0.147. The van der Waals surface area contributed by atoms with Crippen molar-refractivity contribution in [2.24, 2.45) is 0 Å². The first-order valence-corrected chi connectivity index (χ1v) is 8.47. The third-order valence-corrected chi connectivity index (χ3v) is 5.02. The van der Waals surface area contributed by atoms with Crippen LogP contribution in [0.25, 0.3) is 0 Å². The molecule has 0 saturated carbocycles. The Bertz CT molecular complexity index is 478. The van der Waals surface area contributed by atoms with Crippen LogP contribution in [0.1, 0.15) is 18.9 Å². The van der Waals surface area contributed by atoms with Crippen LogP contribution in [0.3, 0.4) is 0 Å². The van der Waals surface area contributed by atoms with Gasteiger partial charge in [0.05, 0.1) is 0 Å². The lowest BCUT2D eigenvalue weighted by Crippen LogP contribution is -2.46. The molecule has 20 heavy (non-hydrogen) atoms. The third-order valence-electron chi connectivity index (χ3n) is 3.69. The Morgan fingerprint density at radius 2 is 2.05 bits per heavy atom. The molecule has 0 aliphatic carbocycles. The van der Waals surface area contributed by atoms with Gasteiger partial charge in [-0.3, -0.25) is 4.21 Å². The van der Waals surface area contributed by atoms with Gasteiger partial charge >= 0.3 is 6.03 Å². The second-order valence-electron chi connectivity index (χ2n) is 5.30.